The molecule has 3 N–H and O–H groups in total. The highest BCUT2D eigenvalue weighted by Crippen LogP contribution is 2.09. The summed E-state index contributed by atoms with van der Waals surface area (Å²) in [7, 11) is 1.22. The minimum Gasteiger partial charge on any atom is -0.467 e. The molecule has 0 aliphatic heterocycles. The summed E-state index contributed by atoms with van der Waals surface area (Å²) in [5.41, 5.74) is 5.45. The molecule has 1 aromatic rings. The van der Waals surface area contributed by atoms with Crippen molar-refractivity contribution < 1.29 is 18.7 Å². The van der Waals surface area contributed by atoms with Crippen LogP contribution in [-0.4, -0.2) is 31.6 Å². The van der Waals surface area contributed by atoms with Crippen molar-refractivity contribution in [3.63, 3.8) is 0 Å². The largest absolute Gasteiger partial charge is 0.467 e. The highest BCUT2D eigenvalue weighted by Gasteiger charge is 2.17. The van der Waals surface area contributed by atoms with Gasteiger partial charge in [0, 0.05) is 5.56 Å². The maximum absolute atomic E-state index is 13.7. The fourth-order valence-corrected chi connectivity index (χ4v) is 1.42. The van der Waals surface area contributed by atoms with Crippen molar-refractivity contribution in [2.75, 3.05) is 13.7 Å². The average molecular weight is 278 g/mol. The van der Waals surface area contributed by atoms with Gasteiger partial charge >= 0.3 is 5.97 Å². The van der Waals surface area contributed by atoms with Gasteiger partial charge in [-0.15, -0.1) is 0 Å². The number of rotatable bonds is 3. The number of methoxy groups -OCH3 is 1. The lowest BCUT2D eigenvalue weighted by atomic mass is 10.1. The number of nitrogens with one attached hydrogen (secondary N) is 1. The number of ether oxygens (including phenoxy) is 1. The number of halogens is 1. The number of hydrogen-bond acceptors (Lipinski definition) is 4. The fraction of sp³-hybridized carbons (Fsp3) is 0.286. The monoisotopic (exact) mass is 278 g/mol. The first-order valence-electron chi connectivity index (χ1n) is 5.86. The van der Waals surface area contributed by atoms with Crippen LogP contribution in [0.3, 0.4) is 0 Å². The van der Waals surface area contributed by atoms with Gasteiger partial charge in [0.15, 0.2) is 0 Å². The molecule has 20 heavy (non-hydrogen) atoms. The van der Waals surface area contributed by atoms with Crippen molar-refractivity contribution in [2.24, 2.45) is 5.73 Å². The third-order valence-corrected chi connectivity index (χ3v) is 2.46. The van der Waals surface area contributed by atoms with Crippen molar-refractivity contribution in [1.82, 2.24) is 5.32 Å². The molecule has 1 aromatic carbocycles. The van der Waals surface area contributed by atoms with Crippen LogP contribution in [0.2, 0.25) is 0 Å². The van der Waals surface area contributed by atoms with Crippen LogP contribution in [0.4, 0.5) is 4.39 Å². The van der Waals surface area contributed by atoms with Gasteiger partial charge in [0.1, 0.15) is 11.9 Å². The van der Waals surface area contributed by atoms with Crippen molar-refractivity contribution in [2.45, 2.75) is 13.0 Å². The van der Waals surface area contributed by atoms with Gasteiger partial charge in [0.2, 0.25) is 0 Å². The van der Waals surface area contributed by atoms with Crippen molar-refractivity contribution in [3.8, 4) is 11.8 Å². The van der Waals surface area contributed by atoms with E-state index in [1.807, 2.05) is 0 Å². The second kappa shape index (κ2) is 7.26. The first kappa shape index (κ1) is 15.7. The van der Waals surface area contributed by atoms with Gasteiger partial charge in [-0.1, -0.05) is 11.8 Å². The molecule has 1 rings (SSSR count). The number of amides is 1. The smallest absolute Gasteiger partial charge is 0.328 e. The van der Waals surface area contributed by atoms with E-state index in [0.717, 1.165) is 6.07 Å². The van der Waals surface area contributed by atoms with E-state index in [2.05, 4.69) is 21.9 Å². The predicted octanol–water partition coefficient (Wildman–Crippen LogP) is 0.427. The normalized spacial score (nSPS) is 11.0. The first-order chi connectivity index (χ1) is 9.49. The highest BCUT2D eigenvalue weighted by molar-refractivity contribution is 5.96. The van der Waals surface area contributed by atoms with E-state index in [9.17, 15) is 14.0 Å². The van der Waals surface area contributed by atoms with Gasteiger partial charge in [0.25, 0.3) is 5.91 Å². The zero-order valence-electron chi connectivity index (χ0n) is 11.2. The highest BCUT2D eigenvalue weighted by atomic mass is 19.1. The number of carbonyl (C=O) groups is 2. The Balaban J connectivity index is 2.85. The van der Waals surface area contributed by atoms with Gasteiger partial charge < -0.3 is 15.8 Å². The van der Waals surface area contributed by atoms with E-state index < -0.39 is 23.7 Å². The third kappa shape index (κ3) is 4.07. The number of carbonyl (C=O) groups excluding carboxylic acids is 2. The van der Waals surface area contributed by atoms with Crippen molar-refractivity contribution >= 4 is 11.9 Å². The lowest BCUT2D eigenvalue weighted by Crippen LogP contribution is -2.39. The molecule has 0 bridgehead atoms. The van der Waals surface area contributed by atoms with E-state index in [0.29, 0.717) is 0 Å². The molecule has 1 amide bonds. The zero-order valence-corrected chi connectivity index (χ0v) is 11.2. The number of hydrogen-bond donors (Lipinski definition) is 2. The zero-order chi connectivity index (χ0) is 15.1. The molecule has 0 aliphatic carbocycles. The molecule has 0 saturated carbocycles. The Labute approximate surface area is 116 Å². The van der Waals surface area contributed by atoms with Gasteiger partial charge in [-0.3, -0.25) is 4.79 Å². The summed E-state index contributed by atoms with van der Waals surface area (Å²) in [4.78, 5) is 23.0. The molecule has 0 aromatic heterocycles. The Bertz CT molecular complexity index is 576. The summed E-state index contributed by atoms with van der Waals surface area (Å²) < 4.78 is 18.2. The molecule has 0 saturated heterocycles. The lowest BCUT2D eigenvalue weighted by Gasteiger charge is -2.11. The summed E-state index contributed by atoms with van der Waals surface area (Å²) in [6.45, 7) is 1.60. The molecule has 1 unspecified atom stereocenters. The Hall–Kier alpha value is -2.39. The van der Waals surface area contributed by atoms with Crippen LogP contribution in [0.5, 0.6) is 0 Å². The molecular weight excluding hydrogens is 263 g/mol. The van der Waals surface area contributed by atoms with E-state index in [1.54, 1.807) is 0 Å². The fourth-order valence-electron chi connectivity index (χ4n) is 1.42. The Morgan fingerprint density at radius 2 is 2.20 bits per heavy atom. The van der Waals surface area contributed by atoms with Crippen LogP contribution in [-0.2, 0) is 9.53 Å². The minimum absolute atomic E-state index is 0.0940. The average Bonchev–Trinajstić information content (AvgIpc) is 2.44. The molecular formula is C14H15FN2O3. The SMILES string of the molecule is COC(=O)C(C)NC(=O)c1ccc(C#CCN)c(F)c1. The second-order valence-electron chi connectivity index (χ2n) is 3.92. The summed E-state index contributed by atoms with van der Waals surface area (Å²) in [5, 5.41) is 2.40. The number of esters is 1. The standard InChI is InChI=1S/C14H15FN2O3/c1-9(14(19)20-2)17-13(18)11-6-5-10(4-3-7-16)12(15)8-11/h5-6,8-9H,7,16H2,1-2H3,(H,17,18). The first-order valence-corrected chi connectivity index (χ1v) is 5.86. The molecule has 0 aliphatic rings. The molecule has 5 nitrogen and oxygen atoms in total. The molecule has 6 heteroatoms. The summed E-state index contributed by atoms with van der Waals surface area (Å²) in [6, 6.07) is 3.05. The Kier molecular flexibility index (Phi) is 5.69. The van der Waals surface area contributed by atoms with Crippen LogP contribution < -0.4 is 11.1 Å². The van der Waals surface area contributed by atoms with Crippen LogP contribution in [0.25, 0.3) is 0 Å². The Morgan fingerprint density at radius 3 is 2.75 bits per heavy atom. The molecule has 0 fully saturated rings. The van der Waals surface area contributed by atoms with E-state index >= 15 is 0 Å². The van der Waals surface area contributed by atoms with Gasteiger partial charge in [0.05, 0.1) is 19.2 Å². The van der Waals surface area contributed by atoms with Crippen LogP contribution >= 0.6 is 0 Å². The molecule has 0 heterocycles. The summed E-state index contributed by atoms with van der Waals surface area (Å²) in [5.74, 6) is 3.31. The molecule has 0 radical (unpaired) electrons. The molecule has 106 valence electrons. The molecule has 1 atom stereocenters. The van der Waals surface area contributed by atoms with Crippen molar-refractivity contribution in [3.05, 3.63) is 35.1 Å². The van der Waals surface area contributed by atoms with E-state index in [4.69, 9.17) is 5.73 Å². The van der Waals surface area contributed by atoms with Crippen LogP contribution in [0.1, 0.15) is 22.8 Å². The van der Waals surface area contributed by atoms with Crippen LogP contribution in [0.15, 0.2) is 18.2 Å². The second-order valence-corrected chi connectivity index (χ2v) is 3.92. The maximum atomic E-state index is 13.7. The summed E-state index contributed by atoms with van der Waals surface area (Å²) >= 11 is 0. The summed E-state index contributed by atoms with van der Waals surface area (Å²) in [6.07, 6.45) is 0. The lowest BCUT2D eigenvalue weighted by molar-refractivity contribution is -0.142. The number of benzene rings is 1. The number of nitrogens with two attached hydrogens (primary N) is 1. The topological polar surface area (TPSA) is 81.4 Å². The Morgan fingerprint density at radius 1 is 1.50 bits per heavy atom. The van der Waals surface area contributed by atoms with E-state index in [-0.39, 0.29) is 17.7 Å². The third-order valence-electron chi connectivity index (χ3n) is 2.46. The van der Waals surface area contributed by atoms with Gasteiger partial charge in [-0.25, -0.2) is 9.18 Å². The van der Waals surface area contributed by atoms with Gasteiger partial charge in [-0.05, 0) is 25.1 Å². The van der Waals surface area contributed by atoms with Crippen molar-refractivity contribution in [1.29, 1.82) is 0 Å². The predicted molar refractivity (Wildman–Crippen MR) is 71.3 cm³/mol. The van der Waals surface area contributed by atoms with E-state index in [1.165, 1.54) is 26.2 Å². The van der Waals surface area contributed by atoms with Crippen LogP contribution in [0, 0.1) is 17.7 Å². The molecule has 0 spiro atoms. The minimum atomic E-state index is -0.813. The quantitative estimate of drug-likeness (QED) is 0.620. The maximum Gasteiger partial charge on any atom is 0.328 e. The van der Waals surface area contributed by atoms with Gasteiger partial charge in [-0.2, -0.15) is 0 Å².